The van der Waals surface area contributed by atoms with Crippen LogP contribution >= 0.6 is 0 Å². The second kappa shape index (κ2) is 7.90. The van der Waals surface area contributed by atoms with Gasteiger partial charge in [-0.05, 0) is 0 Å². The summed E-state index contributed by atoms with van der Waals surface area (Å²) in [6, 6.07) is -0.714. The number of carboxylic acid groups (broad SMARTS) is 1. The minimum atomic E-state index is -0.950. The number of nitrogens with one attached hydrogen (secondary N) is 1. The zero-order chi connectivity index (χ0) is 11.0. The molecule has 2 N–H and O–H groups in total. The Morgan fingerprint density at radius 2 is 2.29 bits per heavy atom. The molecule has 0 saturated carbocycles. The molecule has 5 nitrogen and oxygen atoms in total. The van der Waals surface area contributed by atoms with Crippen molar-refractivity contribution < 1.29 is 18.8 Å². The van der Waals surface area contributed by atoms with Crippen LogP contribution in [0.15, 0.2) is 0 Å². The smallest absolute Gasteiger partial charge is 0.323 e. The lowest BCUT2D eigenvalue weighted by Crippen LogP contribution is -2.42. The number of carbonyl (C=O) groups is 1. The van der Waals surface area contributed by atoms with Gasteiger partial charge in [0.1, 0.15) is 6.04 Å². The number of rotatable bonds is 8. The zero-order valence-corrected chi connectivity index (χ0v) is 9.30. The van der Waals surface area contributed by atoms with Crippen LogP contribution < -0.4 is 5.32 Å². The highest BCUT2D eigenvalue weighted by molar-refractivity contribution is 7.84. The van der Waals surface area contributed by atoms with Gasteiger partial charge in [-0.15, -0.1) is 0 Å². The molecule has 84 valence electrons. The Kier molecular flexibility index (Phi) is 7.64. The van der Waals surface area contributed by atoms with E-state index < -0.39 is 22.8 Å². The Bertz CT molecular complexity index is 198. The van der Waals surface area contributed by atoms with E-state index in [-0.39, 0.29) is 6.61 Å². The highest BCUT2D eigenvalue weighted by atomic mass is 32.2. The summed E-state index contributed by atoms with van der Waals surface area (Å²) in [6.45, 7) is 2.38. The van der Waals surface area contributed by atoms with Crippen molar-refractivity contribution in [2.75, 3.05) is 31.8 Å². The maximum absolute atomic E-state index is 11.0. The van der Waals surface area contributed by atoms with Gasteiger partial charge in [0.15, 0.2) is 0 Å². The van der Waals surface area contributed by atoms with Crippen LogP contribution in [0.2, 0.25) is 0 Å². The van der Waals surface area contributed by atoms with Crippen molar-refractivity contribution in [1.82, 2.24) is 5.32 Å². The molecule has 2 unspecified atom stereocenters. The van der Waals surface area contributed by atoms with Gasteiger partial charge in [-0.25, -0.2) is 0 Å². The number of hydrogen-bond donors (Lipinski definition) is 2. The normalized spacial score (nSPS) is 15.0. The van der Waals surface area contributed by atoms with Crippen LogP contribution in [-0.4, -0.2) is 53.1 Å². The highest BCUT2D eigenvalue weighted by Gasteiger charge is 2.15. The predicted octanol–water partition coefficient (Wildman–Crippen LogP) is -0.556. The first-order valence-corrected chi connectivity index (χ1v) is 5.90. The van der Waals surface area contributed by atoms with Crippen molar-refractivity contribution in [3.63, 3.8) is 0 Å². The van der Waals surface area contributed by atoms with Crippen molar-refractivity contribution in [3.8, 4) is 0 Å². The van der Waals surface area contributed by atoms with Gasteiger partial charge in [0.2, 0.25) is 0 Å². The van der Waals surface area contributed by atoms with Gasteiger partial charge < -0.3 is 15.2 Å². The average molecular weight is 223 g/mol. The summed E-state index contributed by atoms with van der Waals surface area (Å²) in [5.74, 6) is 0.127. The molecular formula is C8H17NO4S. The van der Waals surface area contributed by atoms with Gasteiger partial charge in [-0.2, -0.15) is 0 Å². The molecule has 0 aliphatic rings. The maximum atomic E-state index is 11.0. The molecule has 2 atom stereocenters. The molecule has 0 fully saturated rings. The minimum absolute atomic E-state index is 0.119. The Morgan fingerprint density at radius 1 is 1.64 bits per heavy atom. The molecule has 0 aromatic rings. The van der Waals surface area contributed by atoms with Crippen molar-refractivity contribution in [2.24, 2.45) is 0 Å². The minimum Gasteiger partial charge on any atom is -0.480 e. The lowest BCUT2D eigenvalue weighted by Gasteiger charge is -2.12. The van der Waals surface area contributed by atoms with E-state index in [0.717, 1.165) is 0 Å². The number of hydrogen-bond acceptors (Lipinski definition) is 4. The van der Waals surface area contributed by atoms with Crippen molar-refractivity contribution in [3.05, 3.63) is 0 Å². The van der Waals surface area contributed by atoms with Gasteiger partial charge >= 0.3 is 5.97 Å². The average Bonchev–Trinajstić information content (AvgIpc) is 2.16. The summed E-state index contributed by atoms with van der Waals surface area (Å²) in [6.07, 6.45) is 0. The standard InChI is InChI=1S/C8H17NO4S/c1-3-14(12)5-4-9-7(6-13-2)8(10)11/h7,9H,3-6H2,1-2H3,(H,10,11). The van der Waals surface area contributed by atoms with E-state index in [1.54, 1.807) is 0 Å². The molecule has 0 aliphatic heterocycles. The molecule has 0 aromatic heterocycles. The third kappa shape index (κ3) is 6.06. The Labute approximate surface area is 86.3 Å². The van der Waals surface area contributed by atoms with E-state index >= 15 is 0 Å². The Morgan fingerprint density at radius 3 is 2.71 bits per heavy atom. The Hall–Kier alpha value is -0.460. The van der Waals surface area contributed by atoms with Gasteiger partial charge in [-0.3, -0.25) is 9.00 Å². The van der Waals surface area contributed by atoms with E-state index in [2.05, 4.69) is 5.32 Å². The maximum Gasteiger partial charge on any atom is 0.323 e. The van der Waals surface area contributed by atoms with Crippen LogP contribution in [0.25, 0.3) is 0 Å². The largest absolute Gasteiger partial charge is 0.480 e. The third-order valence-corrected chi connectivity index (χ3v) is 2.98. The fourth-order valence-electron chi connectivity index (χ4n) is 0.876. The number of carboxylic acids is 1. The number of ether oxygens (including phenoxy) is 1. The summed E-state index contributed by atoms with van der Waals surface area (Å²) >= 11 is 0. The molecule has 0 heterocycles. The second-order valence-electron chi connectivity index (χ2n) is 2.73. The summed E-state index contributed by atoms with van der Waals surface area (Å²) in [5, 5.41) is 11.5. The third-order valence-electron chi connectivity index (χ3n) is 1.67. The molecule has 0 rings (SSSR count). The fourth-order valence-corrected chi connectivity index (χ4v) is 1.51. The van der Waals surface area contributed by atoms with E-state index in [9.17, 15) is 9.00 Å². The first-order valence-electron chi connectivity index (χ1n) is 4.41. The van der Waals surface area contributed by atoms with Crippen molar-refractivity contribution >= 4 is 16.8 Å². The van der Waals surface area contributed by atoms with Gasteiger partial charge in [0.05, 0.1) is 6.61 Å². The van der Waals surface area contributed by atoms with Crippen molar-refractivity contribution in [2.45, 2.75) is 13.0 Å². The van der Waals surface area contributed by atoms with Crippen LogP contribution in [0, 0.1) is 0 Å². The lowest BCUT2D eigenvalue weighted by molar-refractivity contribution is -0.140. The topological polar surface area (TPSA) is 75.6 Å². The second-order valence-corrected chi connectivity index (χ2v) is 4.60. The SMILES string of the molecule is CCS(=O)CCNC(COC)C(=O)O. The molecule has 0 spiro atoms. The van der Waals surface area contributed by atoms with Crippen LogP contribution in [0.1, 0.15) is 6.92 Å². The predicted molar refractivity (Wildman–Crippen MR) is 54.9 cm³/mol. The summed E-state index contributed by atoms with van der Waals surface area (Å²) in [5.41, 5.74) is 0. The van der Waals surface area contributed by atoms with E-state index in [4.69, 9.17) is 9.84 Å². The van der Waals surface area contributed by atoms with Crippen LogP contribution in [0.4, 0.5) is 0 Å². The fraction of sp³-hybridized carbons (Fsp3) is 0.875. The lowest BCUT2D eigenvalue weighted by atomic mass is 10.3. The molecular weight excluding hydrogens is 206 g/mol. The Balaban J connectivity index is 3.71. The molecule has 0 saturated heterocycles. The molecule has 0 aliphatic carbocycles. The van der Waals surface area contributed by atoms with Gasteiger partial charge in [0.25, 0.3) is 0 Å². The molecule has 0 amide bonds. The zero-order valence-electron chi connectivity index (χ0n) is 8.49. The van der Waals surface area contributed by atoms with Crippen molar-refractivity contribution in [1.29, 1.82) is 0 Å². The number of aliphatic carboxylic acids is 1. The van der Waals surface area contributed by atoms with Crippen LogP contribution in [0.3, 0.4) is 0 Å². The summed E-state index contributed by atoms with van der Waals surface area (Å²) in [7, 11) is 0.589. The molecule has 6 heteroatoms. The first kappa shape index (κ1) is 13.5. The monoisotopic (exact) mass is 223 g/mol. The van der Waals surface area contributed by atoms with E-state index in [0.29, 0.717) is 18.1 Å². The van der Waals surface area contributed by atoms with Crippen LogP contribution in [0.5, 0.6) is 0 Å². The molecule has 14 heavy (non-hydrogen) atoms. The molecule has 0 radical (unpaired) electrons. The first-order chi connectivity index (χ1) is 6.61. The van der Waals surface area contributed by atoms with Crippen LogP contribution in [-0.2, 0) is 20.3 Å². The number of methoxy groups -OCH3 is 1. The molecule has 0 bridgehead atoms. The van der Waals surface area contributed by atoms with E-state index in [1.165, 1.54) is 7.11 Å². The van der Waals surface area contributed by atoms with E-state index in [1.807, 2.05) is 6.92 Å². The van der Waals surface area contributed by atoms with Gasteiger partial charge in [-0.1, -0.05) is 6.92 Å². The summed E-state index contributed by atoms with van der Waals surface area (Å²) in [4.78, 5) is 10.6. The van der Waals surface area contributed by atoms with Gasteiger partial charge in [0, 0.05) is 36.0 Å². The highest BCUT2D eigenvalue weighted by Crippen LogP contribution is 1.86. The molecule has 0 aromatic carbocycles. The quantitative estimate of drug-likeness (QED) is 0.577. The summed E-state index contributed by atoms with van der Waals surface area (Å²) < 4.78 is 15.7.